The van der Waals surface area contributed by atoms with E-state index in [1.54, 1.807) is 7.05 Å². The Morgan fingerprint density at radius 1 is 1.27 bits per heavy atom. The van der Waals surface area contributed by atoms with E-state index in [9.17, 15) is 19.8 Å². The fraction of sp³-hybridized carbons (Fsp3) is 0.800. The lowest BCUT2D eigenvalue weighted by atomic mass is 9.44. The number of hydrogen-bond donors (Lipinski definition) is 4. The van der Waals surface area contributed by atoms with Crippen molar-refractivity contribution in [1.82, 2.24) is 5.32 Å². The fourth-order valence-corrected chi connectivity index (χ4v) is 9.28. The molecule has 0 aromatic carbocycles. The number of allylic oxidation sites excluding steroid dienone is 1. The third-order valence-electron chi connectivity index (χ3n) is 10.3. The summed E-state index contributed by atoms with van der Waals surface area (Å²) >= 11 is 0. The molecule has 8 heteroatoms. The first kappa shape index (κ1) is 23.0. The molecule has 33 heavy (non-hydrogen) atoms. The molecule has 1 aliphatic heterocycles. The molecule has 0 radical (unpaired) electrons. The second-order valence-electron chi connectivity index (χ2n) is 11.2. The Morgan fingerprint density at radius 2 is 2.03 bits per heavy atom. The zero-order valence-electron chi connectivity index (χ0n) is 19.9. The number of nitrogens with one attached hydrogen (secondary N) is 2. The maximum atomic E-state index is 13.3. The third kappa shape index (κ3) is 2.83. The van der Waals surface area contributed by atoms with E-state index in [0.29, 0.717) is 30.6 Å². The van der Waals surface area contributed by atoms with E-state index in [2.05, 4.69) is 10.3 Å². The molecule has 2 spiro atoms. The van der Waals surface area contributed by atoms with Gasteiger partial charge in [-0.3, -0.25) is 9.69 Å². The minimum absolute atomic E-state index is 0.0874. The van der Waals surface area contributed by atoms with Crippen molar-refractivity contribution in [3.05, 3.63) is 11.1 Å². The van der Waals surface area contributed by atoms with Crippen LogP contribution in [0.4, 0.5) is 0 Å². The summed E-state index contributed by atoms with van der Waals surface area (Å²) in [5.74, 6) is -0.206. The number of fused-ring (bicyclic) bond motifs is 1. The monoisotopic (exact) mass is 458 g/mol. The van der Waals surface area contributed by atoms with Gasteiger partial charge in [0.2, 0.25) is 0 Å². The van der Waals surface area contributed by atoms with Crippen molar-refractivity contribution in [3.63, 3.8) is 0 Å². The maximum Gasteiger partial charge on any atom is 0.293 e. The second kappa shape index (κ2) is 7.89. The minimum atomic E-state index is -1.93. The Hall–Kier alpha value is -1.77. The number of nitrogens with zero attached hydrogens (tertiary/aromatic N) is 1. The van der Waals surface area contributed by atoms with Crippen LogP contribution >= 0.6 is 0 Å². The van der Waals surface area contributed by atoms with Gasteiger partial charge in [-0.25, -0.2) is 4.99 Å². The SMILES string of the molecule is CN=C(N)[NH+]1CCC(CNC)C2(C1)C1CCC3CCCCC(=O)C4(O)CC32C(=C4C(=O)[O-])C1. The van der Waals surface area contributed by atoms with Gasteiger partial charge in [0, 0.05) is 36.3 Å². The first-order valence-corrected chi connectivity index (χ1v) is 12.7. The number of likely N-dealkylation sites (tertiary alicyclic amines) is 1. The van der Waals surface area contributed by atoms with Crippen LogP contribution in [0.5, 0.6) is 0 Å². The summed E-state index contributed by atoms with van der Waals surface area (Å²) in [5.41, 5.74) is 4.45. The largest absolute Gasteiger partial charge is 0.545 e. The molecular formula is C25H38N4O4. The molecule has 3 saturated carbocycles. The second-order valence-corrected chi connectivity index (χ2v) is 11.2. The molecule has 3 bridgehead atoms. The van der Waals surface area contributed by atoms with Crippen molar-refractivity contribution in [2.24, 2.45) is 39.3 Å². The number of hydrogen-bond acceptors (Lipinski definition) is 6. The molecule has 5 rings (SSSR count). The van der Waals surface area contributed by atoms with Crippen LogP contribution in [0.25, 0.3) is 0 Å². The maximum absolute atomic E-state index is 13.3. The van der Waals surface area contributed by atoms with Gasteiger partial charge < -0.3 is 26.1 Å². The molecule has 1 saturated heterocycles. The molecule has 4 fully saturated rings. The van der Waals surface area contributed by atoms with E-state index in [0.717, 1.165) is 62.2 Å². The average molecular weight is 459 g/mol. The summed E-state index contributed by atoms with van der Waals surface area (Å²) in [6.07, 6.45) is 6.73. The van der Waals surface area contributed by atoms with Crippen molar-refractivity contribution in [2.75, 3.05) is 33.7 Å². The number of carboxylic acid groups (broad SMARTS) is 1. The van der Waals surface area contributed by atoms with E-state index < -0.39 is 17.0 Å². The Balaban J connectivity index is 1.78. The number of carboxylic acids is 1. The lowest BCUT2D eigenvalue weighted by Gasteiger charge is -2.61. The van der Waals surface area contributed by atoms with Crippen LogP contribution in [0.1, 0.15) is 57.8 Å². The molecular weight excluding hydrogens is 420 g/mol. The fourth-order valence-electron chi connectivity index (χ4n) is 9.28. The van der Waals surface area contributed by atoms with Gasteiger partial charge in [0.25, 0.3) is 5.96 Å². The first-order chi connectivity index (χ1) is 15.8. The first-order valence-electron chi connectivity index (χ1n) is 12.7. The van der Waals surface area contributed by atoms with Gasteiger partial charge >= 0.3 is 0 Å². The Kier molecular flexibility index (Phi) is 5.49. The molecule has 0 aromatic heterocycles. The Bertz CT molecular complexity index is 931. The minimum Gasteiger partial charge on any atom is -0.545 e. The molecule has 7 atom stereocenters. The molecule has 0 aromatic rings. The number of guanidine groups is 1. The van der Waals surface area contributed by atoms with Crippen molar-refractivity contribution in [2.45, 2.75) is 63.4 Å². The molecule has 7 unspecified atom stereocenters. The summed E-state index contributed by atoms with van der Waals surface area (Å²) in [5, 5.41) is 27.8. The predicted octanol–water partition coefficient (Wildman–Crippen LogP) is -1.22. The van der Waals surface area contributed by atoms with Crippen LogP contribution in [0.15, 0.2) is 16.1 Å². The highest BCUT2D eigenvalue weighted by Crippen LogP contribution is 2.77. The number of carbonyl (C=O) groups is 2. The van der Waals surface area contributed by atoms with E-state index >= 15 is 0 Å². The number of aliphatic carboxylic acids is 1. The van der Waals surface area contributed by atoms with Gasteiger partial charge in [0.1, 0.15) is 0 Å². The van der Waals surface area contributed by atoms with Gasteiger partial charge in [-0.15, -0.1) is 0 Å². The Labute approximate surface area is 195 Å². The zero-order chi connectivity index (χ0) is 23.6. The normalized spacial score (nSPS) is 45.2. The number of quaternary nitrogens is 1. The molecule has 1 heterocycles. The molecule has 8 nitrogen and oxygen atoms in total. The molecule has 5 aliphatic rings. The topological polar surface area (TPSA) is 132 Å². The number of carbonyl (C=O) groups excluding carboxylic acids is 2. The third-order valence-corrected chi connectivity index (χ3v) is 10.3. The van der Waals surface area contributed by atoms with E-state index in [4.69, 9.17) is 5.73 Å². The van der Waals surface area contributed by atoms with Crippen molar-refractivity contribution in [3.8, 4) is 0 Å². The van der Waals surface area contributed by atoms with Crippen LogP contribution in [0.3, 0.4) is 0 Å². The van der Waals surface area contributed by atoms with Crippen LogP contribution in [-0.2, 0) is 9.59 Å². The van der Waals surface area contributed by atoms with E-state index in [-0.39, 0.29) is 35.5 Å². The molecule has 182 valence electrons. The van der Waals surface area contributed by atoms with E-state index in [1.807, 2.05) is 7.05 Å². The van der Waals surface area contributed by atoms with Gasteiger partial charge in [-0.1, -0.05) is 12.0 Å². The summed E-state index contributed by atoms with van der Waals surface area (Å²) in [7, 11) is 3.70. The lowest BCUT2D eigenvalue weighted by Crippen LogP contribution is -3.19. The summed E-state index contributed by atoms with van der Waals surface area (Å²) < 4.78 is 0. The summed E-state index contributed by atoms with van der Waals surface area (Å²) in [4.78, 5) is 31.3. The number of aliphatic hydroxyl groups is 1. The van der Waals surface area contributed by atoms with Crippen molar-refractivity contribution in [1.29, 1.82) is 0 Å². The quantitative estimate of drug-likeness (QED) is 0.310. The van der Waals surface area contributed by atoms with Crippen molar-refractivity contribution >= 4 is 17.7 Å². The molecule has 4 aliphatic carbocycles. The summed E-state index contributed by atoms with van der Waals surface area (Å²) in [6.45, 7) is 2.50. The Morgan fingerprint density at radius 3 is 2.73 bits per heavy atom. The standard InChI is InChI=1S/C25H38N4O4/c1-27-12-17-9-10-29(22(26)28-2)14-24(17)16-8-7-15-5-3-4-6-19(30)25(33)13-23(15,24)18(11-16)20(25)21(31)32/h15-17,27,33H,3-14H2,1-2H3,(H2,26,28)(H,31,32). The van der Waals surface area contributed by atoms with Crippen LogP contribution in [-0.4, -0.2) is 62.1 Å². The number of rotatable bonds is 3. The molecule has 0 amide bonds. The number of piperidine rings is 1. The van der Waals surface area contributed by atoms with Crippen LogP contribution in [0.2, 0.25) is 0 Å². The highest BCUT2D eigenvalue weighted by molar-refractivity contribution is 6.03. The zero-order valence-corrected chi connectivity index (χ0v) is 19.9. The predicted molar refractivity (Wildman–Crippen MR) is 121 cm³/mol. The highest BCUT2D eigenvalue weighted by atomic mass is 16.4. The average Bonchev–Trinajstić information content (AvgIpc) is 3.15. The summed E-state index contributed by atoms with van der Waals surface area (Å²) in [6, 6.07) is 0. The number of ketones is 1. The lowest BCUT2D eigenvalue weighted by molar-refractivity contribution is -0.828. The van der Waals surface area contributed by atoms with Crippen molar-refractivity contribution < 1.29 is 24.7 Å². The molecule has 5 N–H and O–H groups in total. The van der Waals surface area contributed by atoms with Gasteiger partial charge in [0.15, 0.2) is 11.4 Å². The number of aliphatic imine (C=N–C) groups is 1. The van der Waals surface area contributed by atoms with Gasteiger partial charge in [-0.05, 0) is 69.9 Å². The highest BCUT2D eigenvalue weighted by Gasteiger charge is 2.77. The van der Waals surface area contributed by atoms with Gasteiger partial charge in [-0.2, -0.15) is 0 Å². The number of Topliss-reactive ketones (excluding diaryl/α,β-unsaturated/α-hetero) is 1. The number of nitrogens with two attached hydrogens (primary N) is 1. The van der Waals surface area contributed by atoms with Crippen LogP contribution < -0.4 is 21.1 Å². The van der Waals surface area contributed by atoms with Crippen LogP contribution in [0, 0.1) is 28.6 Å². The van der Waals surface area contributed by atoms with Gasteiger partial charge in [0.05, 0.1) is 19.1 Å². The van der Waals surface area contributed by atoms with E-state index in [1.165, 1.54) is 0 Å². The smallest absolute Gasteiger partial charge is 0.293 e.